The van der Waals surface area contributed by atoms with Crippen molar-refractivity contribution in [3.05, 3.63) is 39.4 Å². The molecule has 0 unspecified atom stereocenters. The number of carbonyl (C=O) groups is 2. The van der Waals surface area contributed by atoms with Crippen molar-refractivity contribution >= 4 is 40.7 Å². The molecule has 2 rings (SSSR count). The monoisotopic (exact) mass is 269 g/mol. The molecule has 5 heteroatoms. The lowest BCUT2D eigenvalue weighted by Gasteiger charge is -2.17. The molecule has 0 saturated carbocycles. The van der Waals surface area contributed by atoms with Crippen LogP contribution in [0.25, 0.3) is 0 Å². The van der Waals surface area contributed by atoms with E-state index in [1.54, 1.807) is 19.9 Å². The van der Waals surface area contributed by atoms with Gasteiger partial charge in [-0.05, 0) is 31.5 Å². The third kappa shape index (κ3) is 1.96. The van der Waals surface area contributed by atoms with Crippen molar-refractivity contribution in [3.63, 3.8) is 0 Å². The first-order valence-corrected chi connectivity index (χ1v) is 5.70. The van der Waals surface area contributed by atoms with Crippen LogP contribution in [0.5, 0.6) is 0 Å². The second-order valence-electron chi connectivity index (χ2n) is 3.86. The lowest BCUT2D eigenvalue weighted by Crippen LogP contribution is -2.30. The predicted molar refractivity (Wildman–Crippen MR) is 67.4 cm³/mol. The van der Waals surface area contributed by atoms with Gasteiger partial charge in [-0.3, -0.25) is 9.59 Å². The maximum absolute atomic E-state index is 11.8. The van der Waals surface area contributed by atoms with Crippen molar-refractivity contribution < 1.29 is 9.59 Å². The highest BCUT2D eigenvalue weighted by Gasteiger charge is 2.31. The standard InChI is InChI=1S/C12H9Cl2NO2/c1-6-3-9(14)10(5-8(6)13)15-11(16)4-7(2)12(15)17/h3-5H,1-2H3. The van der Waals surface area contributed by atoms with Gasteiger partial charge >= 0.3 is 0 Å². The van der Waals surface area contributed by atoms with Crippen LogP contribution < -0.4 is 4.90 Å². The quantitative estimate of drug-likeness (QED) is 0.735. The lowest BCUT2D eigenvalue weighted by molar-refractivity contribution is -0.120. The fourth-order valence-corrected chi connectivity index (χ4v) is 2.08. The zero-order valence-electron chi connectivity index (χ0n) is 9.25. The van der Waals surface area contributed by atoms with E-state index in [4.69, 9.17) is 23.2 Å². The summed E-state index contributed by atoms with van der Waals surface area (Å²) >= 11 is 12.0. The Kier molecular flexibility index (Phi) is 2.98. The summed E-state index contributed by atoms with van der Waals surface area (Å²) in [7, 11) is 0. The first-order valence-electron chi connectivity index (χ1n) is 4.94. The Hall–Kier alpha value is -1.32. The van der Waals surface area contributed by atoms with Gasteiger partial charge in [0, 0.05) is 16.7 Å². The van der Waals surface area contributed by atoms with Gasteiger partial charge in [-0.1, -0.05) is 23.2 Å². The van der Waals surface area contributed by atoms with Crippen LogP contribution in [-0.2, 0) is 9.59 Å². The molecule has 0 saturated heterocycles. The minimum atomic E-state index is -0.394. The van der Waals surface area contributed by atoms with Gasteiger partial charge in [0.15, 0.2) is 0 Å². The van der Waals surface area contributed by atoms with Gasteiger partial charge in [0.1, 0.15) is 0 Å². The largest absolute Gasteiger partial charge is 0.269 e. The van der Waals surface area contributed by atoms with Crippen LogP contribution in [0.4, 0.5) is 5.69 Å². The van der Waals surface area contributed by atoms with E-state index in [2.05, 4.69) is 0 Å². The van der Waals surface area contributed by atoms with Gasteiger partial charge < -0.3 is 0 Å². The third-order valence-electron chi connectivity index (χ3n) is 2.57. The molecule has 1 aromatic rings. The van der Waals surface area contributed by atoms with E-state index in [0.29, 0.717) is 21.3 Å². The smallest absolute Gasteiger partial charge is 0.261 e. The first-order chi connectivity index (χ1) is 7.91. The molecule has 0 aliphatic carbocycles. The summed E-state index contributed by atoms with van der Waals surface area (Å²) in [6.45, 7) is 3.39. The van der Waals surface area contributed by atoms with Crippen LogP contribution >= 0.6 is 23.2 Å². The molecule has 17 heavy (non-hydrogen) atoms. The molecular formula is C12H9Cl2NO2. The number of benzene rings is 1. The molecule has 1 heterocycles. The molecule has 0 spiro atoms. The normalized spacial score (nSPS) is 15.5. The van der Waals surface area contributed by atoms with E-state index in [1.165, 1.54) is 12.1 Å². The third-order valence-corrected chi connectivity index (χ3v) is 3.28. The van der Waals surface area contributed by atoms with Crippen LogP contribution in [0.1, 0.15) is 12.5 Å². The fraction of sp³-hybridized carbons (Fsp3) is 0.167. The number of hydrogen-bond donors (Lipinski definition) is 0. The molecule has 88 valence electrons. The maximum atomic E-state index is 11.8. The zero-order chi connectivity index (χ0) is 12.7. The van der Waals surface area contributed by atoms with Gasteiger partial charge in [0.05, 0.1) is 10.7 Å². The number of amides is 2. The van der Waals surface area contributed by atoms with Gasteiger partial charge in [-0.15, -0.1) is 0 Å². The summed E-state index contributed by atoms with van der Waals surface area (Å²) in [6.07, 6.45) is 1.28. The summed E-state index contributed by atoms with van der Waals surface area (Å²) in [5, 5.41) is 0.797. The van der Waals surface area contributed by atoms with Gasteiger partial charge in [-0.25, -0.2) is 4.90 Å². The number of imide groups is 1. The second-order valence-corrected chi connectivity index (χ2v) is 4.67. The molecule has 2 amide bonds. The topological polar surface area (TPSA) is 37.4 Å². The molecular weight excluding hydrogens is 261 g/mol. The van der Waals surface area contributed by atoms with Crippen LogP contribution in [0.2, 0.25) is 10.0 Å². The van der Waals surface area contributed by atoms with Crippen molar-refractivity contribution in [2.75, 3.05) is 4.90 Å². The highest BCUT2D eigenvalue weighted by molar-refractivity contribution is 6.39. The summed E-state index contributed by atoms with van der Waals surface area (Å²) in [5.74, 6) is -0.758. The number of carbonyl (C=O) groups excluding carboxylic acids is 2. The van der Waals surface area contributed by atoms with Crippen LogP contribution in [0, 0.1) is 6.92 Å². The fourth-order valence-electron chi connectivity index (χ4n) is 1.62. The lowest BCUT2D eigenvalue weighted by atomic mass is 10.2. The number of halogens is 2. The summed E-state index contributed by atoms with van der Waals surface area (Å²) < 4.78 is 0. The summed E-state index contributed by atoms with van der Waals surface area (Å²) in [6, 6.07) is 3.16. The van der Waals surface area contributed by atoms with E-state index in [-0.39, 0.29) is 5.91 Å². The molecule has 0 fully saturated rings. The Bertz CT molecular complexity index is 564. The number of anilines is 1. The van der Waals surface area contributed by atoms with Crippen molar-refractivity contribution in [2.45, 2.75) is 13.8 Å². The molecule has 0 bridgehead atoms. The van der Waals surface area contributed by atoms with E-state index in [9.17, 15) is 9.59 Å². The zero-order valence-corrected chi connectivity index (χ0v) is 10.8. The van der Waals surface area contributed by atoms with Crippen molar-refractivity contribution in [1.29, 1.82) is 0 Å². The molecule has 0 N–H and O–H groups in total. The number of hydrogen-bond acceptors (Lipinski definition) is 2. The van der Waals surface area contributed by atoms with Gasteiger partial charge in [0.2, 0.25) is 0 Å². The van der Waals surface area contributed by atoms with Crippen LogP contribution in [0.15, 0.2) is 23.8 Å². The van der Waals surface area contributed by atoms with E-state index in [0.717, 1.165) is 10.5 Å². The van der Waals surface area contributed by atoms with E-state index in [1.807, 2.05) is 0 Å². The number of rotatable bonds is 1. The summed E-state index contributed by atoms with van der Waals surface area (Å²) in [4.78, 5) is 24.5. The minimum Gasteiger partial charge on any atom is -0.269 e. The maximum Gasteiger partial charge on any atom is 0.261 e. The molecule has 3 nitrogen and oxygen atoms in total. The average molecular weight is 270 g/mol. The summed E-state index contributed by atoms with van der Waals surface area (Å²) in [5.41, 5.74) is 1.51. The van der Waals surface area contributed by atoms with E-state index < -0.39 is 5.91 Å². The van der Waals surface area contributed by atoms with Crippen LogP contribution in [-0.4, -0.2) is 11.8 Å². The number of nitrogens with zero attached hydrogens (tertiary/aromatic N) is 1. The Morgan fingerprint density at radius 3 is 2.24 bits per heavy atom. The number of aryl methyl sites for hydroxylation is 1. The van der Waals surface area contributed by atoms with Gasteiger partial charge in [-0.2, -0.15) is 0 Å². The molecule has 0 atom stereocenters. The van der Waals surface area contributed by atoms with E-state index >= 15 is 0 Å². The molecule has 1 aliphatic rings. The Morgan fingerprint density at radius 1 is 1.06 bits per heavy atom. The Morgan fingerprint density at radius 2 is 1.71 bits per heavy atom. The Labute approximate surface area is 109 Å². The highest BCUT2D eigenvalue weighted by atomic mass is 35.5. The van der Waals surface area contributed by atoms with Crippen molar-refractivity contribution in [2.24, 2.45) is 0 Å². The highest BCUT2D eigenvalue weighted by Crippen LogP contribution is 2.34. The Balaban J connectivity index is 2.53. The molecule has 1 aromatic carbocycles. The van der Waals surface area contributed by atoms with Crippen LogP contribution in [0.3, 0.4) is 0 Å². The van der Waals surface area contributed by atoms with Gasteiger partial charge in [0.25, 0.3) is 11.8 Å². The minimum absolute atomic E-state index is 0.324. The van der Waals surface area contributed by atoms with Crippen molar-refractivity contribution in [1.82, 2.24) is 0 Å². The van der Waals surface area contributed by atoms with Crippen molar-refractivity contribution in [3.8, 4) is 0 Å². The first kappa shape index (κ1) is 12.1. The second kappa shape index (κ2) is 4.17. The SMILES string of the molecule is CC1=CC(=O)N(c2cc(Cl)c(C)cc2Cl)C1=O. The average Bonchev–Trinajstić information content (AvgIpc) is 2.48. The predicted octanol–water partition coefficient (Wildman–Crippen LogP) is 3.12. The molecule has 0 radical (unpaired) electrons. The molecule has 1 aliphatic heterocycles. The molecule has 0 aromatic heterocycles.